The topological polar surface area (TPSA) is 135 Å². The number of methoxy groups -OCH3 is 1. The molecule has 0 bridgehead atoms. The molecule has 2 heterocycles. The van der Waals surface area contributed by atoms with E-state index in [1.54, 1.807) is 47.0 Å². The van der Waals surface area contributed by atoms with Gasteiger partial charge in [0.1, 0.15) is 11.6 Å². The van der Waals surface area contributed by atoms with E-state index in [-0.39, 0.29) is 18.1 Å². The van der Waals surface area contributed by atoms with Gasteiger partial charge in [0.2, 0.25) is 5.91 Å². The maximum absolute atomic E-state index is 12.6. The van der Waals surface area contributed by atoms with Gasteiger partial charge in [-0.15, -0.1) is 10.2 Å². The van der Waals surface area contributed by atoms with Crippen molar-refractivity contribution in [3.63, 3.8) is 0 Å². The Morgan fingerprint density at radius 2 is 1.80 bits per heavy atom. The van der Waals surface area contributed by atoms with Crippen molar-refractivity contribution in [2.75, 3.05) is 18.2 Å². The van der Waals surface area contributed by atoms with E-state index in [1.807, 2.05) is 0 Å². The highest BCUT2D eigenvalue weighted by atomic mass is 35.5. The van der Waals surface area contributed by atoms with Crippen LogP contribution in [-0.2, 0) is 11.2 Å². The molecule has 0 spiro atoms. The second kappa shape index (κ2) is 10.8. The van der Waals surface area contributed by atoms with Gasteiger partial charge in [-0.3, -0.25) is 19.1 Å². The molecule has 0 fully saturated rings. The highest BCUT2D eigenvalue weighted by Gasteiger charge is 2.18. The van der Waals surface area contributed by atoms with Crippen LogP contribution in [-0.4, -0.2) is 43.5 Å². The number of carbonyl (C=O) groups excluding carboxylic acids is 1. The molecule has 2 aromatic heterocycles. The normalized spacial score (nSPS) is 10.8. The van der Waals surface area contributed by atoms with Crippen LogP contribution in [0.5, 0.6) is 5.75 Å². The number of benzene rings is 2. The summed E-state index contributed by atoms with van der Waals surface area (Å²) < 4.78 is 6.99. The first-order chi connectivity index (χ1) is 16.8. The van der Waals surface area contributed by atoms with Crippen LogP contribution >= 0.6 is 35.0 Å². The number of rotatable bonds is 8. The van der Waals surface area contributed by atoms with Gasteiger partial charge in [0.15, 0.2) is 5.16 Å². The monoisotopic (exact) mass is 532 g/mol. The first-order valence-corrected chi connectivity index (χ1v) is 11.9. The van der Waals surface area contributed by atoms with Gasteiger partial charge in [-0.25, -0.2) is 4.79 Å². The number of carbonyl (C=O) groups is 1. The minimum Gasteiger partial charge on any atom is -0.495 e. The minimum absolute atomic E-state index is 0.0171. The molecular weight excluding hydrogens is 515 g/mol. The predicted molar refractivity (Wildman–Crippen MR) is 134 cm³/mol. The van der Waals surface area contributed by atoms with Gasteiger partial charge in [0, 0.05) is 33.9 Å². The van der Waals surface area contributed by atoms with Crippen molar-refractivity contribution in [2.24, 2.45) is 0 Å². The molecule has 35 heavy (non-hydrogen) atoms. The lowest BCUT2D eigenvalue weighted by atomic mass is 10.2. The van der Waals surface area contributed by atoms with E-state index >= 15 is 0 Å². The number of ether oxygens (including phenoxy) is 1. The van der Waals surface area contributed by atoms with Gasteiger partial charge in [-0.2, -0.15) is 0 Å². The number of aromatic nitrogens is 5. The Balaban J connectivity index is 1.59. The van der Waals surface area contributed by atoms with Crippen molar-refractivity contribution in [3.05, 3.63) is 90.9 Å². The Bertz CT molecular complexity index is 1450. The number of aromatic amines is 2. The molecular formula is C22H18Cl2N6O4S. The third-order valence-corrected chi connectivity index (χ3v) is 6.13. The van der Waals surface area contributed by atoms with Crippen LogP contribution in [0.25, 0.3) is 5.69 Å². The van der Waals surface area contributed by atoms with Crippen molar-refractivity contribution < 1.29 is 9.53 Å². The highest BCUT2D eigenvalue weighted by molar-refractivity contribution is 7.99. The zero-order valence-electron chi connectivity index (χ0n) is 18.2. The average molecular weight is 533 g/mol. The standard InChI is InChI=1S/C22H18Cl2N6O4S/c1-34-17-7-4-13(24)8-16(17)26-20(32)11-35-22-29-28-18(9-14-10-19(31)27-21(33)25-14)30(22)15-5-2-12(23)3-6-15/h2-8,10H,9,11H2,1H3,(H,26,32)(H2,25,27,31,33). The van der Waals surface area contributed by atoms with E-state index in [0.29, 0.717) is 43.8 Å². The summed E-state index contributed by atoms with van der Waals surface area (Å²) in [6, 6.07) is 13.2. The molecule has 4 aromatic rings. The first-order valence-electron chi connectivity index (χ1n) is 10.1. The second-order valence-corrected chi connectivity index (χ2v) is 9.00. The van der Waals surface area contributed by atoms with E-state index in [0.717, 1.165) is 11.8 Å². The number of hydrogen-bond acceptors (Lipinski definition) is 7. The van der Waals surface area contributed by atoms with E-state index in [1.165, 1.54) is 13.2 Å². The summed E-state index contributed by atoms with van der Waals surface area (Å²) in [5.41, 5.74) is 0.366. The van der Waals surface area contributed by atoms with Crippen molar-refractivity contribution >= 4 is 46.6 Å². The van der Waals surface area contributed by atoms with Crippen LogP contribution in [0.15, 0.2) is 63.3 Å². The van der Waals surface area contributed by atoms with Crippen molar-refractivity contribution in [2.45, 2.75) is 11.6 Å². The Labute approximate surface area is 212 Å². The maximum atomic E-state index is 12.6. The first kappa shape index (κ1) is 24.6. The lowest BCUT2D eigenvalue weighted by molar-refractivity contribution is -0.113. The van der Waals surface area contributed by atoms with E-state index in [4.69, 9.17) is 27.9 Å². The quantitative estimate of drug-likeness (QED) is 0.296. The van der Waals surface area contributed by atoms with Crippen molar-refractivity contribution in [1.29, 1.82) is 0 Å². The van der Waals surface area contributed by atoms with E-state index in [9.17, 15) is 14.4 Å². The molecule has 0 radical (unpaired) electrons. The number of halogens is 2. The van der Waals surface area contributed by atoms with Gasteiger partial charge in [0.05, 0.1) is 18.6 Å². The molecule has 3 N–H and O–H groups in total. The summed E-state index contributed by atoms with van der Waals surface area (Å²) in [6.45, 7) is 0. The second-order valence-electron chi connectivity index (χ2n) is 7.18. The summed E-state index contributed by atoms with van der Waals surface area (Å²) in [5.74, 6) is 0.643. The summed E-state index contributed by atoms with van der Waals surface area (Å²) >= 11 is 13.2. The minimum atomic E-state index is -0.618. The number of H-pyrrole nitrogens is 2. The zero-order chi connectivity index (χ0) is 24.9. The molecule has 0 aliphatic rings. The molecule has 0 aliphatic carbocycles. The fraction of sp³-hybridized carbons (Fsp3) is 0.136. The predicted octanol–water partition coefficient (Wildman–Crippen LogP) is 3.28. The largest absolute Gasteiger partial charge is 0.495 e. The van der Waals surface area contributed by atoms with Crippen LogP contribution < -0.4 is 21.3 Å². The van der Waals surface area contributed by atoms with Gasteiger partial charge in [0.25, 0.3) is 5.56 Å². The zero-order valence-corrected chi connectivity index (χ0v) is 20.5. The third-order valence-electron chi connectivity index (χ3n) is 4.72. The highest BCUT2D eigenvalue weighted by Crippen LogP contribution is 2.29. The van der Waals surface area contributed by atoms with Gasteiger partial charge < -0.3 is 15.0 Å². The fourth-order valence-corrected chi connectivity index (χ4v) is 4.31. The van der Waals surface area contributed by atoms with Crippen LogP contribution in [0.1, 0.15) is 11.5 Å². The Hall–Kier alpha value is -3.54. The molecule has 2 aromatic carbocycles. The molecule has 13 heteroatoms. The molecule has 0 aliphatic heterocycles. The Kier molecular flexibility index (Phi) is 7.59. The number of thioether (sulfide) groups is 1. The molecule has 4 rings (SSSR count). The molecule has 0 atom stereocenters. The summed E-state index contributed by atoms with van der Waals surface area (Å²) in [6.07, 6.45) is 0.126. The summed E-state index contributed by atoms with van der Waals surface area (Å²) in [5, 5.41) is 12.7. The number of nitrogens with one attached hydrogen (secondary N) is 3. The maximum Gasteiger partial charge on any atom is 0.325 e. The summed E-state index contributed by atoms with van der Waals surface area (Å²) in [4.78, 5) is 40.7. The van der Waals surface area contributed by atoms with Crippen LogP contribution in [0.3, 0.4) is 0 Å². The number of nitrogens with zero attached hydrogens (tertiary/aromatic N) is 3. The molecule has 1 amide bonds. The van der Waals surface area contributed by atoms with Crippen LogP contribution in [0, 0.1) is 0 Å². The van der Waals surface area contributed by atoms with Crippen LogP contribution in [0.4, 0.5) is 5.69 Å². The van der Waals surface area contributed by atoms with Gasteiger partial charge >= 0.3 is 5.69 Å². The third kappa shape index (κ3) is 6.13. The van der Waals surface area contributed by atoms with Gasteiger partial charge in [-0.05, 0) is 42.5 Å². The lowest BCUT2D eigenvalue weighted by Gasteiger charge is -2.12. The molecule has 10 nitrogen and oxygen atoms in total. The smallest absolute Gasteiger partial charge is 0.325 e. The SMILES string of the molecule is COc1ccc(Cl)cc1NC(=O)CSc1nnc(Cc2cc(=O)[nH]c(=O)[nH]2)n1-c1ccc(Cl)cc1. The van der Waals surface area contributed by atoms with Crippen LogP contribution in [0.2, 0.25) is 10.0 Å². The lowest BCUT2D eigenvalue weighted by Crippen LogP contribution is -2.23. The molecule has 180 valence electrons. The summed E-state index contributed by atoms with van der Waals surface area (Å²) in [7, 11) is 1.50. The van der Waals surface area contributed by atoms with Crippen molar-refractivity contribution in [1.82, 2.24) is 24.7 Å². The van der Waals surface area contributed by atoms with E-state index < -0.39 is 11.2 Å². The molecule has 0 unspecified atom stereocenters. The molecule has 0 saturated carbocycles. The average Bonchev–Trinajstić information content (AvgIpc) is 3.20. The fourth-order valence-electron chi connectivity index (χ4n) is 3.24. The molecule has 0 saturated heterocycles. The van der Waals surface area contributed by atoms with E-state index in [2.05, 4.69) is 25.5 Å². The Morgan fingerprint density at radius 3 is 2.51 bits per heavy atom. The number of amides is 1. The number of anilines is 1. The van der Waals surface area contributed by atoms with Gasteiger partial charge in [-0.1, -0.05) is 35.0 Å². The van der Waals surface area contributed by atoms with Crippen molar-refractivity contribution in [3.8, 4) is 11.4 Å². The number of hydrogen-bond donors (Lipinski definition) is 3. The Morgan fingerprint density at radius 1 is 1.06 bits per heavy atom.